The van der Waals surface area contributed by atoms with E-state index in [2.05, 4.69) is 0 Å². The summed E-state index contributed by atoms with van der Waals surface area (Å²) in [7, 11) is 0. The molecule has 1 amide bonds. The van der Waals surface area contributed by atoms with Gasteiger partial charge in [0.2, 0.25) is 5.91 Å². The summed E-state index contributed by atoms with van der Waals surface area (Å²) >= 11 is 0. The summed E-state index contributed by atoms with van der Waals surface area (Å²) in [4.78, 5) is 10.8. The zero-order valence-corrected chi connectivity index (χ0v) is 8.77. The van der Waals surface area contributed by atoms with Gasteiger partial charge in [-0.1, -0.05) is 6.07 Å². The van der Waals surface area contributed by atoms with Gasteiger partial charge >= 0.3 is 0 Å². The van der Waals surface area contributed by atoms with Crippen molar-refractivity contribution in [1.29, 1.82) is 5.26 Å². The predicted molar refractivity (Wildman–Crippen MR) is 58.2 cm³/mol. The molecule has 0 saturated heterocycles. The average molecular weight is 219 g/mol. The van der Waals surface area contributed by atoms with E-state index in [1.54, 1.807) is 24.3 Å². The Balaban J connectivity index is 2.32. The summed E-state index contributed by atoms with van der Waals surface area (Å²) < 4.78 is 5.37. The molecule has 0 atom stereocenters. The van der Waals surface area contributed by atoms with Crippen molar-refractivity contribution in [1.82, 2.24) is 5.43 Å². The van der Waals surface area contributed by atoms with Gasteiger partial charge in [0.1, 0.15) is 5.75 Å². The van der Waals surface area contributed by atoms with E-state index in [0.29, 0.717) is 30.8 Å². The van der Waals surface area contributed by atoms with Crippen molar-refractivity contribution in [3.8, 4) is 11.8 Å². The Morgan fingerprint density at radius 2 is 2.38 bits per heavy atom. The molecule has 0 unspecified atom stereocenters. The number of hydrazine groups is 1. The van der Waals surface area contributed by atoms with Gasteiger partial charge in [-0.2, -0.15) is 5.26 Å². The number of carbonyl (C=O) groups excluding carboxylic acids is 1. The van der Waals surface area contributed by atoms with Crippen LogP contribution in [0.1, 0.15) is 18.4 Å². The van der Waals surface area contributed by atoms with Gasteiger partial charge in [-0.3, -0.25) is 10.2 Å². The van der Waals surface area contributed by atoms with E-state index in [9.17, 15) is 4.79 Å². The molecule has 0 aliphatic heterocycles. The summed E-state index contributed by atoms with van der Waals surface area (Å²) in [6.07, 6.45) is 0.911. The minimum Gasteiger partial charge on any atom is -0.494 e. The van der Waals surface area contributed by atoms with Crippen molar-refractivity contribution in [3.63, 3.8) is 0 Å². The average Bonchev–Trinajstić information content (AvgIpc) is 2.34. The molecule has 1 aromatic rings. The standard InChI is InChI=1S/C11H13N3O2/c12-8-9-3-1-4-10(7-9)16-6-2-5-11(15)14-13/h1,3-4,7H,2,5-6,13H2,(H,14,15). The second kappa shape index (κ2) is 6.43. The second-order valence-corrected chi connectivity index (χ2v) is 3.16. The third kappa shape index (κ3) is 3.98. The fourth-order valence-corrected chi connectivity index (χ4v) is 1.15. The number of carbonyl (C=O) groups is 1. The summed E-state index contributed by atoms with van der Waals surface area (Å²) in [5.41, 5.74) is 2.60. The number of nitriles is 1. The number of nitrogens with zero attached hydrogens (tertiary/aromatic N) is 1. The Hall–Kier alpha value is -2.06. The topological polar surface area (TPSA) is 88.1 Å². The van der Waals surface area contributed by atoms with E-state index in [-0.39, 0.29) is 5.91 Å². The van der Waals surface area contributed by atoms with Crippen LogP contribution in [0, 0.1) is 11.3 Å². The van der Waals surface area contributed by atoms with Crippen molar-refractivity contribution >= 4 is 5.91 Å². The van der Waals surface area contributed by atoms with E-state index in [1.165, 1.54) is 0 Å². The lowest BCUT2D eigenvalue weighted by Gasteiger charge is -2.05. The molecule has 3 N–H and O–H groups in total. The first-order chi connectivity index (χ1) is 7.76. The molecule has 5 heteroatoms. The lowest BCUT2D eigenvalue weighted by Crippen LogP contribution is -2.29. The third-order valence-electron chi connectivity index (χ3n) is 1.94. The molecular formula is C11H13N3O2. The Labute approximate surface area is 93.8 Å². The number of rotatable bonds is 5. The highest BCUT2D eigenvalue weighted by Crippen LogP contribution is 2.12. The van der Waals surface area contributed by atoms with Gasteiger partial charge in [-0.05, 0) is 24.6 Å². The maximum absolute atomic E-state index is 10.8. The highest BCUT2D eigenvalue weighted by atomic mass is 16.5. The molecule has 0 bridgehead atoms. The largest absolute Gasteiger partial charge is 0.494 e. The van der Waals surface area contributed by atoms with Crippen LogP contribution in [0.5, 0.6) is 5.75 Å². The maximum Gasteiger partial charge on any atom is 0.234 e. The third-order valence-corrected chi connectivity index (χ3v) is 1.94. The monoisotopic (exact) mass is 219 g/mol. The zero-order valence-electron chi connectivity index (χ0n) is 8.77. The van der Waals surface area contributed by atoms with Crippen molar-refractivity contribution in [3.05, 3.63) is 29.8 Å². The van der Waals surface area contributed by atoms with Crippen LogP contribution in [0.25, 0.3) is 0 Å². The van der Waals surface area contributed by atoms with Crippen LogP contribution in [0.2, 0.25) is 0 Å². The number of hydrogen-bond donors (Lipinski definition) is 2. The van der Waals surface area contributed by atoms with Crippen LogP contribution in [-0.4, -0.2) is 12.5 Å². The molecule has 0 saturated carbocycles. The number of amides is 1. The van der Waals surface area contributed by atoms with Gasteiger partial charge in [0.05, 0.1) is 18.2 Å². The number of nitrogens with one attached hydrogen (secondary N) is 1. The maximum atomic E-state index is 10.8. The van der Waals surface area contributed by atoms with Crippen LogP contribution >= 0.6 is 0 Å². The van der Waals surface area contributed by atoms with E-state index in [0.717, 1.165) is 0 Å². The molecular weight excluding hydrogens is 206 g/mol. The molecule has 0 radical (unpaired) electrons. The summed E-state index contributed by atoms with van der Waals surface area (Å²) in [6, 6.07) is 8.90. The molecule has 0 fully saturated rings. The first kappa shape index (κ1) is 12.0. The number of ether oxygens (including phenoxy) is 1. The van der Waals surface area contributed by atoms with Crippen molar-refractivity contribution in [2.24, 2.45) is 5.84 Å². The molecule has 1 rings (SSSR count). The number of nitrogens with two attached hydrogens (primary N) is 1. The highest BCUT2D eigenvalue weighted by Gasteiger charge is 1.99. The lowest BCUT2D eigenvalue weighted by molar-refractivity contribution is -0.121. The molecule has 0 aromatic heterocycles. The Morgan fingerprint density at radius 3 is 3.06 bits per heavy atom. The van der Waals surface area contributed by atoms with Crippen LogP contribution in [0.3, 0.4) is 0 Å². The van der Waals surface area contributed by atoms with Crippen molar-refractivity contribution in [2.75, 3.05) is 6.61 Å². The summed E-state index contributed by atoms with van der Waals surface area (Å²) in [6.45, 7) is 0.419. The first-order valence-corrected chi connectivity index (χ1v) is 4.88. The van der Waals surface area contributed by atoms with Crippen LogP contribution < -0.4 is 16.0 Å². The lowest BCUT2D eigenvalue weighted by atomic mass is 10.2. The van der Waals surface area contributed by atoms with Gasteiger partial charge in [0.25, 0.3) is 0 Å². The minimum absolute atomic E-state index is 0.214. The van der Waals surface area contributed by atoms with Gasteiger partial charge in [-0.15, -0.1) is 0 Å². The minimum atomic E-state index is -0.214. The summed E-state index contributed by atoms with van der Waals surface area (Å²) in [5.74, 6) is 5.35. The number of benzene rings is 1. The molecule has 5 nitrogen and oxygen atoms in total. The molecule has 1 aromatic carbocycles. The van der Waals surface area contributed by atoms with Crippen molar-refractivity contribution < 1.29 is 9.53 Å². The molecule has 84 valence electrons. The van der Waals surface area contributed by atoms with E-state index in [1.807, 2.05) is 11.5 Å². The molecule has 0 heterocycles. The molecule has 0 aliphatic carbocycles. The van der Waals surface area contributed by atoms with Crippen molar-refractivity contribution in [2.45, 2.75) is 12.8 Å². The van der Waals surface area contributed by atoms with Crippen LogP contribution in [0.4, 0.5) is 0 Å². The van der Waals surface area contributed by atoms with E-state index >= 15 is 0 Å². The van der Waals surface area contributed by atoms with E-state index in [4.69, 9.17) is 15.8 Å². The van der Waals surface area contributed by atoms with Crippen LogP contribution in [0.15, 0.2) is 24.3 Å². The zero-order chi connectivity index (χ0) is 11.8. The first-order valence-electron chi connectivity index (χ1n) is 4.88. The normalized spacial score (nSPS) is 9.25. The molecule has 0 aliphatic rings. The molecule has 16 heavy (non-hydrogen) atoms. The molecule has 0 spiro atoms. The number of hydrogen-bond acceptors (Lipinski definition) is 4. The van der Waals surface area contributed by atoms with Gasteiger partial charge in [-0.25, -0.2) is 5.84 Å². The van der Waals surface area contributed by atoms with Gasteiger partial charge in [0.15, 0.2) is 0 Å². The SMILES string of the molecule is N#Cc1cccc(OCCCC(=O)NN)c1. The second-order valence-electron chi connectivity index (χ2n) is 3.16. The fraction of sp³-hybridized carbons (Fsp3) is 0.273. The van der Waals surface area contributed by atoms with E-state index < -0.39 is 0 Å². The Bertz CT molecular complexity index is 398. The smallest absolute Gasteiger partial charge is 0.234 e. The van der Waals surface area contributed by atoms with Gasteiger partial charge in [0, 0.05) is 6.42 Å². The van der Waals surface area contributed by atoms with Crippen LogP contribution in [-0.2, 0) is 4.79 Å². The summed E-state index contributed by atoms with van der Waals surface area (Å²) in [5, 5.41) is 8.67. The Kier molecular flexibility index (Phi) is 4.83. The van der Waals surface area contributed by atoms with Gasteiger partial charge < -0.3 is 4.74 Å². The quantitative estimate of drug-likeness (QED) is 0.330. The fourth-order valence-electron chi connectivity index (χ4n) is 1.15. The predicted octanol–water partition coefficient (Wildman–Crippen LogP) is 0.707. The highest BCUT2D eigenvalue weighted by molar-refractivity contribution is 5.75. The Morgan fingerprint density at radius 1 is 1.56 bits per heavy atom.